The van der Waals surface area contributed by atoms with Gasteiger partial charge in [-0.3, -0.25) is 0 Å². The number of alkyl carbamates (subject to hydrolysis) is 1. The third-order valence-corrected chi connectivity index (χ3v) is 5.30. The Morgan fingerprint density at radius 3 is 2.18 bits per heavy atom. The Bertz CT molecular complexity index is 690. The SMILES string of the molecule is C=CC(=O)OCCOC(=O)NCCCCC(C)C(C)(C)N(C)C(=O)OCCOC(=O)C(=C)C. The second kappa shape index (κ2) is 15.7. The van der Waals surface area contributed by atoms with Gasteiger partial charge in [-0.2, -0.15) is 0 Å². The lowest BCUT2D eigenvalue weighted by Gasteiger charge is -2.40. The van der Waals surface area contributed by atoms with Gasteiger partial charge in [-0.1, -0.05) is 26.5 Å². The number of esters is 2. The van der Waals surface area contributed by atoms with Crippen LogP contribution in [0, 0.1) is 5.92 Å². The van der Waals surface area contributed by atoms with Crippen LogP contribution in [0.1, 0.15) is 47.0 Å². The topological polar surface area (TPSA) is 120 Å². The summed E-state index contributed by atoms with van der Waals surface area (Å²) in [7, 11) is 1.67. The van der Waals surface area contributed by atoms with E-state index in [4.69, 9.17) is 18.9 Å². The number of hydrogen-bond donors (Lipinski definition) is 1. The number of amides is 2. The average molecular weight is 471 g/mol. The van der Waals surface area contributed by atoms with E-state index in [9.17, 15) is 19.2 Å². The van der Waals surface area contributed by atoms with Crippen molar-refractivity contribution in [1.82, 2.24) is 10.2 Å². The highest BCUT2D eigenvalue weighted by molar-refractivity contribution is 5.86. The number of carbonyl (C=O) groups is 4. The Morgan fingerprint density at radius 1 is 1.00 bits per heavy atom. The first kappa shape index (κ1) is 30.0. The summed E-state index contributed by atoms with van der Waals surface area (Å²) in [5.74, 6) is -0.938. The molecule has 0 spiro atoms. The molecule has 0 aromatic rings. The maximum atomic E-state index is 12.3. The molecule has 0 aliphatic heterocycles. The summed E-state index contributed by atoms with van der Waals surface area (Å²) in [6.07, 6.45) is 2.36. The van der Waals surface area contributed by atoms with Crippen LogP contribution in [-0.4, -0.2) is 74.6 Å². The minimum Gasteiger partial charge on any atom is -0.459 e. The molecular weight excluding hydrogens is 432 g/mol. The highest BCUT2D eigenvalue weighted by Crippen LogP contribution is 2.27. The third-order valence-electron chi connectivity index (χ3n) is 5.30. The number of rotatable bonds is 15. The van der Waals surface area contributed by atoms with Crippen molar-refractivity contribution in [2.75, 3.05) is 40.0 Å². The van der Waals surface area contributed by atoms with Crippen LogP contribution < -0.4 is 5.32 Å². The Labute approximate surface area is 196 Å². The molecule has 0 fully saturated rings. The van der Waals surface area contributed by atoms with Crippen molar-refractivity contribution in [2.45, 2.75) is 52.5 Å². The van der Waals surface area contributed by atoms with Crippen LogP contribution >= 0.6 is 0 Å². The molecule has 1 unspecified atom stereocenters. The van der Waals surface area contributed by atoms with Crippen LogP contribution in [0.5, 0.6) is 0 Å². The molecule has 0 aliphatic rings. The number of unbranched alkanes of at least 4 members (excludes halogenated alkanes) is 1. The Balaban J connectivity index is 4.12. The molecule has 2 amide bonds. The van der Waals surface area contributed by atoms with Gasteiger partial charge in [0.2, 0.25) is 0 Å². The first-order valence-corrected chi connectivity index (χ1v) is 10.9. The highest BCUT2D eigenvalue weighted by Gasteiger charge is 2.33. The van der Waals surface area contributed by atoms with Crippen molar-refractivity contribution in [3.05, 3.63) is 24.8 Å². The van der Waals surface area contributed by atoms with Gasteiger partial charge in [-0.05, 0) is 39.5 Å². The van der Waals surface area contributed by atoms with Crippen molar-refractivity contribution in [3.63, 3.8) is 0 Å². The third kappa shape index (κ3) is 12.5. The predicted molar refractivity (Wildman–Crippen MR) is 122 cm³/mol. The van der Waals surface area contributed by atoms with Crippen LogP contribution in [0.3, 0.4) is 0 Å². The first-order valence-electron chi connectivity index (χ1n) is 10.9. The van der Waals surface area contributed by atoms with E-state index in [0.29, 0.717) is 6.54 Å². The predicted octanol–water partition coefficient (Wildman–Crippen LogP) is 3.21. The summed E-state index contributed by atoms with van der Waals surface area (Å²) in [5, 5.41) is 2.63. The van der Waals surface area contributed by atoms with Gasteiger partial charge >= 0.3 is 24.1 Å². The van der Waals surface area contributed by atoms with Crippen molar-refractivity contribution >= 4 is 24.1 Å². The quantitative estimate of drug-likeness (QED) is 0.168. The molecule has 0 aliphatic carbocycles. The standard InChI is InChI=1S/C23H38N2O8/c1-8-19(26)30-13-15-32-21(28)24-12-10-9-11-18(4)23(5,6)25(7)22(29)33-16-14-31-20(27)17(2)3/h8,18H,1-2,9-16H2,3-7H3,(H,24,28). The second-order valence-corrected chi connectivity index (χ2v) is 8.07. The monoisotopic (exact) mass is 470 g/mol. The lowest BCUT2D eigenvalue weighted by Crippen LogP contribution is -2.49. The number of carbonyl (C=O) groups excluding carboxylic acids is 4. The smallest absolute Gasteiger partial charge is 0.410 e. The van der Waals surface area contributed by atoms with Gasteiger partial charge in [0.15, 0.2) is 0 Å². The molecule has 0 saturated heterocycles. The zero-order valence-electron chi connectivity index (χ0n) is 20.4. The highest BCUT2D eigenvalue weighted by atomic mass is 16.6. The molecule has 0 saturated carbocycles. The average Bonchev–Trinajstić information content (AvgIpc) is 2.77. The Morgan fingerprint density at radius 2 is 1.58 bits per heavy atom. The van der Waals surface area contributed by atoms with E-state index in [-0.39, 0.29) is 37.9 Å². The zero-order valence-corrected chi connectivity index (χ0v) is 20.4. The van der Waals surface area contributed by atoms with Gasteiger partial charge in [0.1, 0.15) is 26.4 Å². The van der Waals surface area contributed by atoms with Gasteiger partial charge in [0.05, 0.1) is 0 Å². The van der Waals surface area contributed by atoms with Gasteiger partial charge in [0.25, 0.3) is 0 Å². The molecule has 1 atom stereocenters. The maximum Gasteiger partial charge on any atom is 0.410 e. The van der Waals surface area contributed by atoms with Crippen molar-refractivity contribution in [3.8, 4) is 0 Å². The van der Waals surface area contributed by atoms with E-state index < -0.39 is 29.7 Å². The van der Waals surface area contributed by atoms with Crippen molar-refractivity contribution < 1.29 is 38.1 Å². The van der Waals surface area contributed by atoms with Crippen molar-refractivity contribution in [2.24, 2.45) is 5.92 Å². The summed E-state index contributed by atoms with van der Waals surface area (Å²) in [6.45, 7) is 14.6. The van der Waals surface area contributed by atoms with Gasteiger partial charge in [-0.25, -0.2) is 19.2 Å². The molecule has 10 heteroatoms. The lowest BCUT2D eigenvalue weighted by molar-refractivity contribution is -0.140. The number of ether oxygens (including phenoxy) is 4. The Hall–Kier alpha value is -3.04. The van der Waals surface area contributed by atoms with Gasteiger partial charge in [-0.15, -0.1) is 0 Å². The molecule has 33 heavy (non-hydrogen) atoms. The van der Waals surface area contributed by atoms with E-state index in [1.165, 1.54) is 4.90 Å². The summed E-state index contributed by atoms with van der Waals surface area (Å²) in [6, 6.07) is 0. The molecule has 188 valence electrons. The molecule has 0 aromatic heterocycles. The van der Waals surface area contributed by atoms with Crippen LogP contribution in [0.2, 0.25) is 0 Å². The van der Waals surface area contributed by atoms with Crippen LogP contribution in [0.15, 0.2) is 24.8 Å². The molecule has 1 N–H and O–H groups in total. The minimum atomic E-state index is -0.575. The number of hydrogen-bond acceptors (Lipinski definition) is 8. The Kier molecular flexibility index (Phi) is 14.3. The fourth-order valence-corrected chi connectivity index (χ4v) is 2.56. The van der Waals surface area contributed by atoms with E-state index in [0.717, 1.165) is 25.3 Å². The second-order valence-electron chi connectivity index (χ2n) is 8.07. The van der Waals surface area contributed by atoms with Gasteiger partial charge in [0, 0.05) is 30.8 Å². The number of nitrogens with one attached hydrogen (secondary N) is 1. The summed E-state index contributed by atoms with van der Waals surface area (Å²) in [5.41, 5.74) is -0.187. The molecule has 0 rings (SSSR count). The normalized spacial score (nSPS) is 11.5. The minimum absolute atomic E-state index is 0.0273. The summed E-state index contributed by atoms with van der Waals surface area (Å²) in [4.78, 5) is 47.6. The van der Waals surface area contributed by atoms with E-state index in [1.807, 2.05) is 20.8 Å². The van der Waals surface area contributed by atoms with Crippen molar-refractivity contribution in [1.29, 1.82) is 0 Å². The van der Waals surface area contributed by atoms with Crippen LogP contribution in [0.25, 0.3) is 0 Å². The molecule has 0 bridgehead atoms. The zero-order chi connectivity index (χ0) is 25.4. The van der Waals surface area contributed by atoms with E-state index in [1.54, 1.807) is 14.0 Å². The summed E-state index contributed by atoms with van der Waals surface area (Å²) < 4.78 is 19.7. The van der Waals surface area contributed by atoms with Crippen LogP contribution in [0.4, 0.5) is 9.59 Å². The fraction of sp³-hybridized carbons (Fsp3) is 0.652. The molecule has 10 nitrogen and oxygen atoms in total. The number of nitrogens with zero attached hydrogens (tertiary/aromatic N) is 1. The van der Waals surface area contributed by atoms with E-state index >= 15 is 0 Å². The lowest BCUT2D eigenvalue weighted by atomic mass is 9.84. The molecule has 0 heterocycles. The molecular formula is C23H38N2O8. The largest absolute Gasteiger partial charge is 0.459 e. The fourth-order valence-electron chi connectivity index (χ4n) is 2.56. The van der Waals surface area contributed by atoms with Crippen LogP contribution in [-0.2, 0) is 28.5 Å². The summed E-state index contributed by atoms with van der Waals surface area (Å²) >= 11 is 0. The maximum absolute atomic E-state index is 12.3. The first-order chi connectivity index (χ1) is 15.4. The van der Waals surface area contributed by atoms with Gasteiger partial charge < -0.3 is 29.2 Å². The molecule has 0 radical (unpaired) electrons. The molecule has 0 aromatic carbocycles. The van der Waals surface area contributed by atoms with E-state index in [2.05, 4.69) is 18.5 Å².